The molecular weight excluding hydrogens is 344 g/mol. The molecule has 0 aliphatic heterocycles. The molecular formula is C22H34O5. The fraction of sp³-hybridized carbons (Fsp3) is 0.455. The second-order valence-corrected chi connectivity index (χ2v) is 6.60. The summed E-state index contributed by atoms with van der Waals surface area (Å²) in [6.45, 7) is 7.05. The van der Waals surface area contributed by atoms with Crippen molar-refractivity contribution in [2.45, 2.75) is 65.0 Å². The molecule has 0 aliphatic rings. The quantitative estimate of drug-likeness (QED) is 0.615. The topological polar surface area (TPSA) is 90.2 Å². The third-order valence-electron chi connectivity index (χ3n) is 3.19. The van der Waals surface area contributed by atoms with Crippen molar-refractivity contribution in [3.8, 4) is 11.5 Å². The molecule has 0 aliphatic carbocycles. The molecule has 152 valence electrons. The summed E-state index contributed by atoms with van der Waals surface area (Å²) < 4.78 is 5.57. The Labute approximate surface area is 162 Å². The van der Waals surface area contributed by atoms with Crippen molar-refractivity contribution in [1.82, 2.24) is 0 Å². The molecule has 0 spiro atoms. The minimum atomic E-state index is -0.375. The summed E-state index contributed by atoms with van der Waals surface area (Å²) in [7, 11) is 0. The van der Waals surface area contributed by atoms with Crippen LogP contribution in [0, 0.1) is 0 Å². The Morgan fingerprint density at radius 2 is 1.07 bits per heavy atom. The van der Waals surface area contributed by atoms with Crippen LogP contribution in [-0.4, -0.2) is 44.8 Å². The van der Waals surface area contributed by atoms with E-state index in [2.05, 4.69) is 0 Å². The van der Waals surface area contributed by atoms with E-state index in [1.165, 1.54) is 0 Å². The number of hydrogen-bond acceptors (Lipinski definition) is 5. The normalized spacial score (nSPS) is 14.3. The van der Waals surface area contributed by atoms with Crippen molar-refractivity contribution in [3.63, 3.8) is 0 Å². The lowest BCUT2D eigenvalue weighted by Crippen LogP contribution is -2.18. The molecule has 0 fully saturated rings. The SMILES string of the molecule is C[C@@H](O)C[C@@H](C)O.C[C@@H](O)C[C@H](C)Oc1ccccc1.Oc1ccccc1. The van der Waals surface area contributed by atoms with Crippen molar-refractivity contribution in [1.29, 1.82) is 0 Å². The summed E-state index contributed by atoms with van der Waals surface area (Å²) in [4.78, 5) is 0. The van der Waals surface area contributed by atoms with E-state index in [1.54, 1.807) is 45.0 Å². The van der Waals surface area contributed by atoms with Crippen molar-refractivity contribution in [2.75, 3.05) is 0 Å². The van der Waals surface area contributed by atoms with Crippen LogP contribution in [0.2, 0.25) is 0 Å². The van der Waals surface area contributed by atoms with Gasteiger partial charge in [-0.15, -0.1) is 0 Å². The van der Waals surface area contributed by atoms with Gasteiger partial charge in [-0.2, -0.15) is 0 Å². The van der Waals surface area contributed by atoms with Crippen LogP contribution in [0.4, 0.5) is 0 Å². The third kappa shape index (κ3) is 17.1. The predicted octanol–water partition coefficient (Wildman–Crippen LogP) is 3.76. The first-order chi connectivity index (χ1) is 12.7. The number of ether oxygens (including phenoxy) is 1. The van der Waals surface area contributed by atoms with Gasteiger partial charge in [-0.3, -0.25) is 0 Å². The zero-order chi connectivity index (χ0) is 20.7. The lowest BCUT2D eigenvalue weighted by molar-refractivity contribution is 0.102. The van der Waals surface area contributed by atoms with Crippen LogP contribution in [-0.2, 0) is 0 Å². The molecule has 0 aromatic heterocycles. The largest absolute Gasteiger partial charge is 0.508 e. The number of phenolic OH excluding ortho intramolecular Hbond substituents is 1. The molecule has 0 radical (unpaired) electrons. The number of aliphatic hydroxyl groups excluding tert-OH is 3. The Hall–Kier alpha value is -2.08. The highest BCUT2D eigenvalue weighted by Crippen LogP contribution is 2.12. The molecule has 4 N–H and O–H groups in total. The minimum absolute atomic E-state index is 0.0578. The first-order valence-corrected chi connectivity index (χ1v) is 9.20. The Bertz CT molecular complexity index is 549. The van der Waals surface area contributed by atoms with Crippen LogP contribution in [0.15, 0.2) is 60.7 Å². The van der Waals surface area contributed by atoms with E-state index in [9.17, 15) is 0 Å². The maximum absolute atomic E-state index is 9.12. The van der Waals surface area contributed by atoms with E-state index < -0.39 is 0 Å². The van der Waals surface area contributed by atoms with E-state index in [0.29, 0.717) is 18.6 Å². The zero-order valence-electron chi connectivity index (χ0n) is 16.7. The van der Waals surface area contributed by atoms with E-state index in [1.807, 2.05) is 43.3 Å². The summed E-state index contributed by atoms with van der Waals surface area (Å²) in [5.41, 5.74) is 0. The van der Waals surface area contributed by atoms with Crippen LogP contribution in [0.25, 0.3) is 0 Å². The van der Waals surface area contributed by atoms with Crippen LogP contribution >= 0.6 is 0 Å². The van der Waals surface area contributed by atoms with Gasteiger partial charge in [0.2, 0.25) is 0 Å². The number of phenols is 1. The lowest BCUT2D eigenvalue weighted by Gasteiger charge is -2.15. The van der Waals surface area contributed by atoms with Gasteiger partial charge in [0.1, 0.15) is 11.5 Å². The van der Waals surface area contributed by atoms with Gasteiger partial charge >= 0.3 is 0 Å². The zero-order valence-corrected chi connectivity index (χ0v) is 16.7. The van der Waals surface area contributed by atoms with Crippen molar-refractivity contribution in [2.24, 2.45) is 0 Å². The highest BCUT2D eigenvalue weighted by Gasteiger charge is 2.06. The van der Waals surface area contributed by atoms with E-state index in [0.717, 1.165) is 5.75 Å². The highest BCUT2D eigenvalue weighted by molar-refractivity contribution is 5.21. The number of benzene rings is 2. The van der Waals surface area contributed by atoms with Gasteiger partial charge in [0, 0.05) is 6.42 Å². The van der Waals surface area contributed by atoms with Crippen molar-refractivity contribution >= 4 is 0 Å². The molecule has 0 amide bonds. The molecule has 2 aromatic carbocycles. The monoisotopic (exact) mass is 378 g/mol. The lowest BCUT2D eigenvalue weighted by atomic mass is 10.2. The maximum Gasteiger partial charge on any atom is 0.119 e. The van der Waals surface area contributed by atoms with Gasteiger partial charge in [0.25, 0.3) is 0 Å². The fourth-order valence-corrected chi connectivity index (χ4v) is 2.18. The van der Waals surface area contributed by atoms with Gasteiger partial charge in [-0.1, -0.05) is 36.4 Å². The summed E-state index contributed by atoms with van der Waals surface area (Å²) in [5, 5.41) is 34.9. The van der Waals surface area contributed by atoms with Gasteiger partial charge < -0.3 is 25.2 Å². The third-order valence-corrected chi connectivity index (χ3v) is 3.19. The number of para-hydroxylation sites is 2. The molecule has 5 heteroatoms. The Morgan fingerprint density at radius 1 is 0.667 bits per heavy atom. The molecule has 0 heterocycles. The van der Waals surface area contributed by atoms with Gasteiger partial charge in [-0.05, 0) is 58.4 Å². The fourth-order valence-electron chi connectivity index (χ4n) is 2.18. The molecule has 5 nitrogen and oxygen atoms in total. The van der Waals surface area contributed by atoms with Crippen LogP contribution in [0.1, 0.15) is 40.5 Å². The van der Waals surface area contributed by atoms with Crippen LogP contribution in [0.5, 0.6) is 11.5 Å². The minimum Gasteiger partial charge on any atom is -0.508 e. The number of aromatic hydroxyl groups is 1. The second-order valence-electron chi connectivity index (χ2n) is 6.60. The summed E-state index contributed by atoms with van der Waals surface area (Å²) in [6, 6.07) is 18.4. The summed E-state index contributed by atoms with van der Waals surface area (Å²) in [6.07, 6.45) is 0.135. The first-order valence-electron chi connectivity index (χ1n) is 9.20. The highest BCUT2D eigenvalue weighted by atomic mass is 16.5. The number of hydrogen-bond donors (Lipinski definition) is 4. The molecule has 0 bridgehead atoms. The molecule has 2 rings (SSSR count). The second kappa shape index (κ2) is 15.0. The molecule has 0 unspecified atom stereocenters. The van der Waals surface area contributed by atoms with Crippen LogP contribution < -0.4 is 4.74 Å². The molecule has 0 saturated heterocycles. The van der Waals surface area contributed by atoms with Crippen molar-refractivity contribution in [3.05, 3.63) is 60.7 Å². The number of rotatable bonds is 6. The molecule has 27 heavy (non-hydrogen) atoms. The average molecular weight is 379 g/mol. The first kappa shape index (κ1) is 24.9. The molecule has 2 aromatic rings. The predicted molar refractivity (Wildman–Crippen MR) is 109 cm³/mol. The standard InChI is InChI=1S/C11H16O2.C6H6O.C5H12O2/c1-9(12)8-10(2)13-11-6-4-3-5-7-11;7-6-4-2-1-3-5-6;1-4(6)3-5(2)7/h3-7,9-10,12H,8H2,1-2H3;1-5,7H;4-7H,3H2,1-2H3/t9-,10+;;4-,5-/m1.1/s1. The maximum atomic E-state index is 9.12. The van der Waals surface area contributed by atoms with E-state index >= 15 is 0 Å². The Balaban J connectivity index is 0.000000410. The molecule has 4 atom stereocenters. The van der Waals surface area contributed by atoms with E-state index in [4.69, 9.17) is 25.2 Å². The summed E-state index contributed by atoms with van der Waals surface area (Å²) in [5.74, 6) is 1.18. The van der Waals surface area contributed by atoms with Gasteiger partial charge in [-0.25, -0.2) is 0 Å². The van der Waals surface area contributed by atoms with Gasteiger partial charge in [0.15, 0.2) is 0 Å². The van der Waals surface area contributed by atoms with Crippen molar-refractivity contribution < 1.29 is 25.2 Å². The summed E-state index contributed by atoms with van der Waals surface area (Å²) >= 11 is 0. The van der Waals surface area contributed by atoms with E-state index in [-0.39, 0.29) is 24.4 Å². The molecule has 0 saturated carbocycles. The Kier molecular flexibility index (Phi) is 13.9. The van der Waals surface area contributed by atoms with Crippen LogP contribution in [0.3, 0.4) is 0 Å². The smallest absolute Gasteiger partial charge is 0.119 e. The van der Waals surface area contributed by atoms with Gasteiger partial charge in [0.05, 0.1) is 24.4 Å². The number of aliphatic hydroxyl groups is 3. The average Bonchev–Trinajstić information content (AvgIpc) is 2.55. The Morgan fingerprint density at radius 3 is 1.37 bits per heavy atom.